The normalized spacial score (nSPS) is 10.6. The van der Waals surface area contributed by atoms with E-state index in [0.29, 0.717) is 18.8 Å². The van der Waals surface area contributed by atoms with Crippen LogP contribution in [0.4, 0.5) is 10.1 Å². The molecule has 5 nitrogen and oxygen atoms in total. The van der Waals surface area contributed by atoms with Crippen molar-refractivity contribution in [2.45, 2.75) is 26.8 Å². The molecule has 0 saturated carbocycles. The first-order valence-electron chi connectivity index (χ1n) is 6.81. The van der Waals surface area contributed by atoms with Crippen LogP contribution in [0, 0.1) is 19.7 Å². The van der Waals surface area contributed by atoms with Crippen LogP contribution in [-0.4, -0.2) is 22.2 Å². The predicted molar refractivity (Wildman–Crippen MR) is 79.5 cm³/mol. The summed E-state index contributed by atoms with van der Waals surface area (Å²) in [5.41, 5.74) is 7.95. The van der Waals surface area contributed by atoms with Crippen LogP contribution in [0.25, 0.3) is 0 Å². The third-order valence-corrected chi connectivity index (χ3v) is 3.17. The number of rotatable bonds is 5. The minimum Gasteiger partial charge on any atom is -0.399 e. The minimum atomic E-state index is -0.569. The van der Waals surface area contributed by atoms with E-state index in [9.17, 15) is 9.18 Å². The lowest BCUT2D eigenvalue weighted by atomic mass is 10.1. The molecule has 2 aromatic rings. The molecule has 1 heterocycles. The molecule has 0 aliphatic heterocycles. The van der Waals surface area contributed by atoms with Gasteiger partial charge in [0, 0.05) is 24.5 Å². The van der Waals surface area contributed by atoms with Crippen LogP contribution >= 0.6 is 0 Å². The Kier molecular flexibility index (Phi) is 4.57. The molecule has 1 amide bonds. The number of hydrogen-bond acceptors (Lipinski definition) is 3. The van der Waals surface area contributed by atoms with Crippen molar-refractivity contribution in [3.8, 4) is 0 Å². The fraction of sp³-hybridized carbons (Fsp3) is 0.333. The second-order valence-corrected chi connectivity index (χ2v) is 5.00. The van der Waals surface area contributed by atoms with Crippen molar-refractivity contribution in [3.05, 3.63) is 47.0 Å². The molecule has 0 unspecified atom stereocenters. The first kappa shape index (κ1) is 15.0. The van der Waals surface area contributed by atoms with Crippen LogP contribution in [0.2, 0.25) is 0 Å². The number of aromatic nitrogens is 2. The molecule has 0 aliphatic rings. The molecule has 0 radical (unpaired) electrons. The Morgan fingerprint density at radius 1 is 1.38 bits per heavy atom. The third-order valence-electron chi connectivity index (χ3n) is 3.17. The van der Waals surface area contributed by atoms with E-state index in [-0.39, 0.29) is 5.56 Å². The van der Waals surface area contributed by atoms with Gasteiger partial charge in [-0.1, -0.05) is 0 Å². The van der Waals surface area contributed by atoms with E-state index in [1.54, 1.807) is 0 Å². The molecule has 112 valence electrons. The Labute approximate surface area is 123 Å². The molecule has 0 bridgehead atoms. The third kappa shape index (κ3) is 3.81. The number of carbonyl (C=O) groups is 1. The molecule has 21 heavy (non-hydrogen) atoms. The van der Waals surface area contributed by atoms with Crippen molar-refractivity contribution in [2.24, 2.45) is 0 Å². The number of halogens is 1. The number of nitrogen functional groups attached to an aromatic ring is 1. The number of carbonyl (C=O) groups excluding carboxylic acids is 1. The Morgan fingerprint density at radius 3 is 2.81 bits per heavy atom. The van der Waals surface area contributed by atoms with Crippen molar-refractivity contribution < 1.29 is 9.18 Å². The number of hydrogen-bond donors (Lipinski definition) is 2. The molecular formula is C15H19FN4O. The summed E-state index contributed by atoms with van der Waals surface area (Å²) in [5.74, 6) is -1.02. The van der Waals surface area contributed by atoms with Gasteiger partial charge in [-0.3, -0.25) is 9.48 Å². The summed E-state index contributed by atoms with van der Waals surface area (Å²) in [6.45, 7) is 5.08. The highest BCUT2D eigenvalue weighted by Gasteiger charge is 2.11. The van der Waals surface area contributed by atoms with Crippen molar-refractivity contribution in [1.29, 1.82) is 0 Å². The first-order valence-corrected chi connectivity index (χ1v) is 6.81. The van der Waals surface area contributed by atoms with Gasteiger partial charge >= 0.3 is 0 Å². The van der Waals surface area contributed by atoms with Crippen LogP contribution in [0.3, 0.4) is 0 Å². The molecule has 0 spiro atoms. The molecule has 0 aliphatic carbocycles. The number of nitrogens with one attached hydrogen (secondary N) is 1. The van der Waals surface area contributed by atoms with Crippen molar-refractivity contribution in [3.63, 3.8) is 0 Å². The van der Waals surface area contributed by atoms with Crippen LogP contribution < -0.4 is 11.1 Å². The van der Waals surface area contributed by atoms with Gasteiger partial charge in [-0.25, -0.2) is 4.39 Å². The quantitative estimate of drug-likeness (QED) is 0.654. The average molecular weight is 290 g/mol. The Morgan fingerprint density at radius 2 is 2.14 bits per heavy atom. The van der Waals surface area contributed by atoms with Gasteiger partial charge in [0.1, 0.15) is 5.82 Å². The summed E-state index contributed by atoms with van der Waals surface area (Å²) in [6, 6.07) is 5.96. The number of nitrogens with zero attached hydrogens (tertiary/aromatic N) is 2. The summed E-state index contributed by atoms with van der Waals surface area (Å²) in [4.78, 5) is 11.9. The number of aryl methyl sites for hydroxylation is 3. The molecule has 0 saturated heterocycles. The molecule has 1 aromatic heterocycles. The van der Waals surface area contributed by atoms with Gasteiger partial charge in [0.15, 0.2) is 0 Å². The molecule has 6 heteroatoms. The van der Waals surface area contributed by atoms with Crippen molar-refractivity contribution >= 4 is 11.6 Å². The van der Waals surface area contributed by atoms with E-state index in [4.69, 9.17) is 5.73 Å². The summed E-state index contributed by atoms with van der Waals surface area (Å²) in [7, 11) is 0. The second kappa shape index (κ2) is 6.39. The van der Waals surface area contributed by atoms with E-state index in [2.05, 4.69) is 10.4 Å². The molecule has 0 fully saturated rings. The Hall–Kier alpha value is -2.37. The average Bonchev–Trinajstić information content (AvgIpc) is 2.75. The molecule has 2 rings (SSSR count). The highest BCUT2D eigenvalue weighted by Crippen LogP contribution is 2.11. The minimum absolute atomic E-state index is 0.0267. The van der Waals surface area contributed by atoms with E-state index >= 15 is 0 Å². The van der Waals surface area contributed by atoms with Crippen LogP contribution in [-0.2, 0) is 6.54 Å². The number of benzene rings is 1. The van der Waals surface area contributed by atoms with Gasteiger partial charge in [-0.15, -0.1) is 0 Å². The van der Waals surface area contributed by atoms with Crippen LogP contribution in [0.1, 0.15) is 28.2 Å². The van der Waals surface area contributed by atoms with Gasteiger partial charge in [0.2, 0.25) is 0 Å². The number of nitrogens with two attached hydrogens (primary N) is 1. The van der Waals surface area contributed by atoms with Gasteiger partial charge in [0.25, 0.3) is 5.91 Å². The zero-order chi connectivity index (χ0) is 15.4. The number of amides is 1. The number of anilines is 1. The Bertz CT molecular complexity index is 651. The molecular weight excluding hydrogens is 271 g/mol. The fourth-order valence-corrected chi connectivity index (χ4v) is 2.14. The topological polar surface area (TPSA) is 72.9 Å². The summed E-state index contributed by atoms with van der Waals surface area (Å²) in [5, 5.41) is 7.03. The maximum Gasteiger partial charge on any atom is 0.254 e. The fourth-order valence-electron chi connectivity index (χ4n) is 2.14. The van der Waals surface area contributed by atoms with E-state index in [1.807, 2.05) is 24.6 Å². The SMILES string of the molecule is Cc1cc(C)n(CCCNC(=O)c2cc(N)ccc2F)n1. The lowest BCUT2D eigenvalue weighted by Gasteiger charge is -2.08. The monoisotopic (exact) mass is 290 g/mol. The van der Waals surface area contributed by atoms with Crippen molar-refractivity contribution in [2.75, 3.05) is 12.3 Å². The van der Waals surface area contributed by atoms with Crippen molar-refractivity contribution in [1.82, 2.24) is 15.1 Å². The molecule has 0 atom stereocenters. The maximum absolute atomic E-state index is 13.5. The lowest BCUT2D eigenvalue weighted by molar-refractivity contribution is 0.0948. The zero-order valence-corrected chi connectivity index (χ0v) is 12.2. The van der Waals surface area contributed by atoms with Gasteiger partial charge in [0.05, 0.1) is 11.3 Å². The summed E-state index contributed by atoms with van der Waals surface area (Å²) < 4.78 is 15.4. The smallest absolute Gasteiger partial charge is 0.254 e. The standard InChI is InChI=1S/C15H19FN4O/c1-10-8-11(2)20(19-10)7-3-6-18-15(21)13-9-12(17)4-5-14(13)16/h4-5,8-9H,3,6-7,17H2,1-2H3,(H,18,21). The second-order valence-electron chi connectivity index (χ2n) is 5.00. The largest absolute Gasteiger partial charge is 0.399 e. The predicted octanol–water partition coefficient (Wildman–Crippen LogP) is 2.04. The molecule has 3 N–H and O–H groups in total. The summed E-state index contributed by atoms with van der Waals surface area (Å²) in [6.07, 6.45) is 0.720. The van der Waals surface area contributed by atoms with E-state index in [0.717, 1.165) is 17.8 Å². The zero-order valence-electron chi connectivity index (χ0n) is 12.2. The van der Waals surface area contributed by atoms with Gasteiger partial charge in [-0.05, 0) is 44.5 Å². The maximum atomic E-state index is 13.5. The lowest BCUT2D eigenvalue weighted by Crippen LogP contribution is -2.26. The Balaban J connectivity index is 1.84. The van der Waals surface area contributed by atoms with Gasteiger partial charge < -0.3 is 11.1 Å². The van der Waals surface area contributed by atoms with Crippen LogP contribution in [0.5, 0.6) is 0 Å². The highest BCUT2D eigenvalue weighted by molar-refractivity contribution is 5.95. The van der Waals surface area contributed by atoms with E-state index in [1.165, 1.54) is 18.2 Å². The van der Waals surface area contributed by atoms with E-state index < -0.39 is 11.7 Å². The molecule has 1 aromatic carbocycles. The first-order chi connectivity index (χ1) is 9.97. The van der Waals surface area contributed by atoms with Crippen LogP contribution in [0.15, 0.2) is 24.3 Å². The summed E-state index contributed by atoms with van der Waals surface area (Å²) >= 11 is 0. The highest BCUT2D eigenvalue weighted by atomic mass is 19.1. The van der Waals surface area contributed by atoms with Gasteiger partial charge in [-0.2, -0.15) is 5.10 Å².